The quantitative estimate of drug-likeness (QED) is 0.571. The van der Waals surface area contributed by atoms with E-state index in [1.54, 1.807) is 6.20 Å². The highest BCUT2D eigenvalue weighted by atomic mass is 16.2. The third-order valence-corrected chi connectivity index (χ3v) is 6.80. The molecule has 0 atom stereocenters. The summed E-state index contributed by atoms with van der Waals surface area (Å²) in [5.41, 5.74) is 3.87. The highest BCUT2D eigenvalue weighted by Gasteiger charge is 2.26. The first-order valence-electron chi connectivity index (χ1n) is 12.1. The van der Waals surface area contributed by atoms with Gasteiger partial charge in [0.2, 0.25) is 5.91 Å². The van der Waals surface area contributed by atoms with Crippen LogP contribution < -0.4 is 0 Å². The number of piperazine rings is 1. The van der Waals surface area contributed by atoms with Crippen molar-refractivity contribution >= 4 is 11.8 Å². The van der Waals surface area contributed by atoms with E-state index in [1.165, 1.54) is 0 Å². The van der Waals surface area contributed by atoms with E-state index in [0.717, 1.165) is 67.8 Å². The maximum Gasteiger partial charge on any atom is 0.254 e. The molecule has 0 aliphatic carbocycles. The van der Waals surface area contributed by atoms with Gasteiger partial charge in [-0.3, -0.25) is 19.2 Å². The molecule has 0 saturated carbocycles. The molecule has 0 radical (unpaired) electrons. The van der Waals surface area contributed by atoms with E-state index in [9.17, 15) is 9.59 Å². The first-order chi connectivity index (χ1) is 16.7. The lowest BCUT2D eigenvalue weighted by molar-refractivity contribution is -0.131. The minimum atomic E-state index is 0.0572. The molecule has 7 heteroatoms. The van der Waals surface area contributed by atoms with E-state index in [2.05, 4.69) is 34.3 Å². The van der Waals surface area contributed by atoms with Crippen LogP contribution in [0, 0.1) is 0 Å². The second-order valence-corrected chi connectivity index (χ2v) is 9.10. The lowest BCUT2D eigenvalue weighted by atomic mass is 9.97. The van der Waals surface area contributed by atoms with Crippen molar-refractivity contribution in [2.45, 2.75) is 19.4 Å². The average molecular weight is 458 g/mol. The van der Waals surface area contributed by atoms with Gasteiger partial charge in [0.05, 0.1) is 13.1 Å². The number of amides is 2. The summed E-state index contributed by atoms with van der Waals surface area (Å²) in [5, 5.41) is 4.26. The van der Waals surface area contributed by atoms with E-state index >= 15 is 0 Å². The molecule has 1 aromatic heterocycles. The summed E-state index contributed by atoms with van der Waals surface area (Å²) < 4.78 is 1.89. The van der Waals surface area contributed by atoms with Gasteiger partial charge in [-0.1, -0.05) is 42.5 Å². The molecule has 0 bridgehead atoms. The SMILES string of the molecule is O=C(CN1CCN(C(=O)c2ccccc2-c2ccc(Cn3cccn3)cc2)CC1)N1CCCC1. The number of carbonyl (C=O) groups is 2. The maximum atomic E-state index is 13.4. The Morgan fingerprint density at radius 3 is 2.24 bits per heavy atom. The summed E-state index contributed by atoms with van der Waals surface area (Å²) in [6, 6.07) is 18.1. The van der Waals surface area contributed by atoms with Crippen molar-refractivity contribution in [3.8, 4) is 11.1 Å². The summed E-state index contributed by atoms with van der Waals surface area (Å²) in [4.78, 5) is 32.0. The smallest absolute Gasteiger partial charge is 0.254 e. The Morgan fingerprint density at radius 1 is 0.794 bits per heavy atom. The summed E-state index contributed by atoms with van der Waals surface area (Å²) in [6.07, 6.45) is 5.95. The molecule has 0 N–H and O–H groups in total. The summed E-state index contributed by atoms with van der Waals surface area (Å²) >= 11 is 0. The summed E-state index contributed by atoms with van der Waals surface area (Å²) in [5.74, 6) is 0.278. The standard InChI is InChI=1S/C27H31N5O2/c33-26(30-13-3-4-14-30)21-29-16-18-31(19-17-29)27(34)25-7-2-1-6-24(25)23-10-8-22(9-11-23)20-32-15-5-12-28-32/h1-2,5-12,15H,3-4,13-14,16-21H2. The monoisotopic (exact) mass is 457 g/mol. The van der Waals surface area contributed by atoms with E-state index in [1.807, 2.05) is 51.0 Å². The molecule has 2 aliphatic rings. The van der Waals surface area contributed by atoms with Crippen LogP contribution in [-0.4, -0.2) is 82.1 Å². The predicted octanol–water partition coefficient (Wildman–Crippen LogP) is 2.98. The number of rotatable bonds is 6. The molecule has 2 saturated heterocycles. The van der Waals surface area contributed by atoms with Crippen LogP contribution in [0.5, 0.6) is 0 Å². The third kappa shape index (κ3) is 5.04. The van der Waals surface area contributed by atoms with Crippen molar-refractivity contribution < 1.29 is 9.59 Å². The van der Waals surface area contributed by atoms with Gasteiger partial charge in [-0.05, 0) is 41.7 Å². The van der Waals surface area contributed by atoms with Crippen LogP contribution in [0.2, 0.25) is 0 Å². The molecule has 2 aromatic carbocycles. The molecule has 2 amide bonds. The van der Waals surface area contributed by atoms with Crippen LogP contribution in [0.25, 0.3) is 11.1 Å². The molecule has 34 heavy (non-hydrogen) atoms. The number of likely N-dealkylation sites (tertiary alicyclic amines) is 1. The van der Waals surface area contributed by atoms with E-state index in [0.29, 0.717) is 19.6 Å². The van der Waals surface area contributed by atoms with Crippen LogP contribution in [-0.2, 0) is 11.3 Å². The van der Waals surface area contributed by atoms with E-state index in [-0.39, 0.29) is 11.8 Å². The zero-order valence-electron chi connectivity index (χ0n) is 19.5. The molecule has 3 aromatic rings. The van der Waals surface area contributed by atoms with Gasteiger partial charge in [0.1, 0.15) is 0 Å². The van der Waals surface area contributed by atoms with Crippen molar-refractivity contribution in [1.82, 2.24) is 24.5 Å². The van der Waals surface area contributed by atoms with Gasteiger partial charge in [0.15, 0.2) is 0 Å². The topological polar surface area (TPSA) is 61.7 Å². The fourth-order valence-corrected chi connectivity index (χ4v) is 4.83. The number of nitrogens with zero attached hydrogens (tertiary/aromatic N) is 5. The number of aromatic nitrogens is 2. The fourth-order valence-electron chi connectivity index (χ4n) is 4.83. The fraction of sp³-hybridized carbons (Fsp3) is 0.370. The molecule has 7 nitrogen and oxygen atoms in total. The highest BCUT2D eigenvalue weighted by Crippen LogP contribution is 2.26. The number of hydrogen-bond acceptors (Lipinski definition) is 4. The maximum absolute atomic E-state index is 13.4. The van der Waals surface area contributed by atoms with Crippen LogP contribution in [0.4, 0.5) is 0 Å². The lowest BCUT2D eigenvalue weighted by Crippen LogP contribution is -2.51. The van der Waals surface area contributed by atoms with Crippen molar-refractivity contribution in [1.29, 1.82) is 0 Å². The van der Waals surface area contributed by atoms with Crippen LogP contribution in [0.3, 0.4) is 0 Å². The van der Waals surface area contributed by atoms with Gasteiger partial charge in [-0.15, -0.1) is 0 Å². The first-order valence-corrected chi connectivity index (χ1v) is 12.1. The largest absolute Gasteiger partial charge is 0.342 e. The van der Waals surface area contributed by atoms with E-state index in [4.69, 9.17) is 0 Å². The Hall–Kier alpha value is -3.45. The minimum Gasteiger partial charge on any atom is -0.342 e. The molecular formula is C27H31N5O2. The van der Waals surface area contributed by atoms with Crippen molar-refractivity contribution in [3.05, 3.63) is 78.1 Å². The number of carbonyl (C=O) groups excluding carboxylic acids is 2. The van der Waals surface area contributed by atoms with Crippen molar-refractivity contribution in [2.24, 2.45) is 0 Å². The van der Waals surface area contributed by atoms with Crippen LogP contribution in [0.1, 0.15) is 28.8 Å². The number of hydrogen-bond donors (Lipinski definition) is 0. The average Bonchev–Trinajstić information content (AvgIpc) is 3.60. The van der Waals surface area contributed by atoms with Gasteiger partial charge in [-0.25, -0.2) is 0 Å². The van der Waals surface area contributed by atoms with Gasteiger partial charge < -0.3 is 9.80 Å². The van der Waals surface area contributed by atoms with Gasteiger partial charge in [0, 0.05) is 57.2 Å². The Labute approximate surface area is 200 Å². The van der Waals surface area contributed by atoms with Crippen molar-refractivity contribution in [3.63, 3.8) is 0 Å². The Bertz CT molecular complexity index is 1110. The van der Waals surface area contributed by atoms with Crippen LogP contribution in [0.15, 0.2) is 67.0 Å². The molecule has 2 fully saturated rings. The summed E-state index contributed by atoms with van der Waals surface area (Å²) in [6.45, 7) is 5.70. The molecule has 0 spiro atoms. The minimum absolute atomic E-state index is 0.0572. The molecule has 5 rings (SSSR count). The summed E-state index contributed by atoms with van der Waals surface area (Å²) in [7, 11) is 0. The lowest BCUT2D eigenvalue weighted by Gasteiger charge is -2.35. The highest BCUT2D eigenvalue weighted by molar-refractivity contribution is 6.01. The Balaban J connectivity index is 1.22. The second kappa shape index (κ2) is 10.2. The van der Waals surface area contributed by atoms with Gasteiger partial charge >= 0.3 is 0 Å². The molecule has 0 unspecified atom stereocenters. The molecule has 176 valence electrons. The zero-order chi connectivity index (χ0) is 23.3. The molecular weight excluding hydrogens is 426 g/mol. The molecule has 3 heterocycles. The zero-order valence-corrected chi connectivity index (χ0v) is 19.5. The normalized spacial score (nSPS) is 16.7. The van der Waals surface area contributed by atoms with Crippen LogP contribution >= 0.6 is 0 Å². The Kier molecular flexibility index (Phi) is 6.72. The van der Waals surface area contributed by atoms with Gasteiger partial charge in [0.25, 0.3) is 5.91 Å². The number of benzene rings is 2. The predicted molar refractivity (Wildman–Crippen MR) is 131 cm³/mol. The van der Waals surface area contributed by atoms with Gasteiger partial charge in [-0.2, -0.15) is 5.10 Å². The Morgan fingerprint density at radius 2 is 1.53 bits per heavy atom. The second-order valence-electron chi connectivity index (χ2n) is 9.10. The van der Waals surface area contributed by atoms with E-state index < -0.39 is 0 Å². The third-order valence-electron chi connectivity index (χ3n) is 6.80. The molecule has 2 aliphatic heterocycles. The van der Waals surface area contributed by atoms with Crippen molar-refractivity contribution in [2.75, 3.05) is 45.8 Å². The first kappa shape index (κ1) is 22.3.